The van der Waals surface area contributed by atoms with Crippen LogP contribution in [-0.4, -0.2) is 28.8 Å². The van der Waals surface area contributed by atoms with Crippen molar-refractivity contribution in [1.82, 2.24) is 4.98 Å². The number of aryl methyl sites for hydroxylation is 1. The first-order valence-electron chi connectivity index (χ1n) is 5.90. The van der Waals surface area contributed by atoms with Crippen LogP contribution < -0.4 is 5.32 Å². The van der Waals surface area contributed by atoms with Crippen LogP contribution in [0.4, 0.5) is 18.3 Å². The van der Waals surface area contributed by atoms with Crippen molar-refractivity contribution in [2.75, 3.05) is 11.9 Å². The molecule has 0 fully saturated rings. The Balaban J connectivity index is 1.87. The average Bonchev–Trinajstić information content (AvgIpc) is 2.81. The quantitative estimate of drug-likeness (QED) is 0.819. The highest BCUT2D eigenvalue weighted by Crippen LogP contribution is 2.38. The number of anilines is 1. The Morgan fingerprint density at radius 1 is 1.53 bits per heavy atom. The van der Waals surface area contributed by atoms with Crippen molar-refractivity contribution in [3.05, 3.63) is 10.6 Å². The van der Waals surface area contributed by atoms with E-state index in [0.717, 1.165) is 4.88 Å². The molecule has 0 radical (unpaired) electrons. The van der Waals surface area contributed by atoms with Crippen molar-refractivity contribution in [1.29, 1.82) is 0 Å². The zero-order valence-corrected chi connectivity index (χ0v) is 10.8. The molecule has 1 aromatic rings. The monoisotopic (exact) mass is 294 g/mol. The average molecular weight is 294 g/mol. The molecule has 8 heteroatoms. The van der Waals surface area contributed by atoms with Crippen LogP contribution in [0.15, 0.2) is 0 Å². The fraction of sp³-hybridized carbons (Fsp3) is 0.636. The maximum atomic E-state index is 11.9. The number of rotatable bonds is 5. The van der Waals surface area contributed by atoms with E-state index in [2.05, 4.69) is 10.3 Å². The second-order valence-electron chi connectivity index (χ2n) is 4.40. The molecule has 1 aromatic heterocycles. The summed E-state index contributed by atoms with van der Waals surface area (Å²) < 4.78 is 35.8. The maximum absolute atomic E-state index is 11.9. The zero-order valence-electron chi connectivity index (χ0n) is 9.96. The largest absolute Gasteiger partial charge is 0.481 e. The highest BCUT2D eigenvalue weighted by atomic mass is 32.1. The van der Waals surface area contributed by atoms with Crippen LogP contribution in [0.1, 0.15) is 35.8 Å². The van der Waals surface area contributed by atoms with Gasteiger partial charge in [-0.15, -0.1) is 11.3 Å². The fourth-order valence-electron chi connectivity index (χ4n) is 2.03. The smallest absolute Gasteiger partial charge is 0.389 e. The summed E-state index contributed by atoms with van der Waals surface area (Å²) in [4.78, 5) is 16.1. The van der Waals surface area contributed by atoms with Gasteiger partial charge in [0.05, 0.1) is 5.69 Å². The third-order valence-corrected chi connectivity index (χ3v) is 4.02. The van der Waals surface area contributed by atoms with Gasteiger partial charge in [0, 0.05) is 17.8 Å². The van der Waals surface area contributed by atoms with Gasteiger partial charge in [0.1, 0.15) is 5.92 Å². The molecule has 0 saturated carbocycles. The Hall–Kier alpha value is -1.31. The summed E-state index contributed by atoms with van der Waals surface area (Å²) in [5.74, 6) is -1.47. The number of alkyl halides is 3. The van der Waals surface area contributed by atoms with Gasteiger partial charge in [-0.2, -0.15) is 13.2 Å². The molecule has 1 aliphatic carbocycles. The molecule has 1 aliphatic rings. The van der Waals surface area contributed by atoms with Crippen molar-refractivity contribution < 1.29 is 23.1 Å². The predicted molar refractivity (Wildman–Crippen MR) is 64.6 cm³/mol. The summed E-state index contributed by atoms with van der Waals surface area (Å²) in [7, 11) is 0. The lowest BCUT2D eigenvalue weighted by molar-refractivity contribution is -0.139. The summed E-state index contributed by atoms with van der Waals surface area (Å²) in [6.07, 6.45) is -3.76. The Morgan fingerprint density at radius 3 is 2.89 bits per heavy atom. The molecule has 0 saturated heterocycles. The van der Waals surface area contributed by atoms with Gasteiger partial charge in [0.2, 0.25) is 0 Å². The van der Waals surface area contributed by atoms with E-state index in [4.69, 9.17) is 5.11 Å². The fourth-order valence-corrected chi connectivity index (χ4v) is 3.09. The van der Waals surface area contributed by atoms with Gasteiger partial charge < -0.3 is 10.4 Å². The highest BCUT2D eigenvalue weighted by Gasteiger charge is 2.32. The molecule has 2 rings (SSSR count). The maximum Gasteiger partial charge on any atom is 0.389 e. The van der Waals surface area contributed by atoms with E-state index in [-0.39, 0.29) is 13.0 Å². The third-order valence-electron chi connectivity index (χ3n) is 2.93. The number of carboxylic acid groups (broad SMARTS) is 1. The number of hydrogen-bond donors (Lipinski definition) is 2. The van der Waals surface area contributed by atoms with E-state index in [9.17, 15) is 18.0 Å². The molecule has 0 bridgehead atoms. The Kier molecular flexibility index (Phi) is 3.98. The zero-order chi connectivity index (χ0) is 14.0. The first-order valence-corrected chi connectivity index (χ1v) is 6.71. The number of nitrogens with one attached hydrogen (secondary N) is 1. The normalized spacial score (nSPS) is 18.4. The molecule has 19 heavy (non-hydrogen) atoms. The molecule has 0 amide bonds. The Morgan fingerprint density at radius 2 is 2.26 bits per heavy atom. The molecule has 4 nitrogen and oxygen atoms in total. The number of thiazole rings is 1. The number of aromatic nitrogens is 1. The summed E-state index contributed by atoms with van der Waals surface area (Å²) >= 11 is 1.33. The summed E-state index contributed by atoms with van der Waals surface area (Å²) in [5.41, 5.74) is 0.566. The minimum Gasteiger partial charge on any atom is -0.481 e. The van der Waals surface area contributed by atoms with E-state index < -0.39 is 24.5 Å². The molecule has 0 aliphatic heterocycles. The van der Waals surface area contributed by atoms with Crippen molar-refractivity contribution >= 4 is 22.4 Å². The SMILES string of the molecule is O=C(O)C1CCc2sc(NCCCC(F)(F)F)nc21. The molecule has 1 atom stereocenters. The highest BCUT2D eigenvalue weighted by molar-refractivity contribution is 7.15. The lowest BCUT2D eigenvalue weighted by Crippen LogP contribution is -2.11. The van der Waals surface area contributed by atoms with Gasteiger partial charge in [-0.05, 0) is 19.3 Å². The number of carboxylic acids is 1. The molecule has 0 spiro atoms. The van der Waals surface area contributed by atoms with E-state index >= 15 is 0 Å². The Bertz CT molecular complexity index is 473. The minimum atomic E-state index is -4.14. The molecule has 106 valence electrons. The Labute approximate surface area is 111 Å². The van der Waals surface area contributed by atoms with Crippen molar-refractivity contribution in [2.24, 2.45) is 0 Å². The van der Waals surface area contributed by atoms with Gasteiger partial charge in [0.15, 0.2) is 5.13 Å². The molecule has 0 aromatic carbocycles. The lowest BCUT2D eigenvalue weighted by Gasteiger charge is -2.06. The van der Waals surface area contributed by atoms with Crippen LogP contribution in [0.5, 0.6) is 0 Å². The van der Waals surface area contributed by atoms with Gasteiger partial charge in [0.25, 0.3) is 0 Å². The number of aliphatic carboxylic acids is 1. The molecular weight excluding hydrogens is 281 g/mol. The summed E-state index contributed by atoms with van der Waals surface area (Å²) in [6, 6.07) is 0. The first-order chi connectivity index (χ1) is 8.87. The molecular formula is C11H13F3N2O2S. The van der Waals surface area contributed by atoms with Crippen LogP contribution in [0.2, 0.25) is 0 Å². The second-order valence-corrected chi connectivity index (χ2v) is 5.49. The standard InChI is InChI=1S/C11H13F3N2O2S/c12-11(13,14)4-1-5-15-10-16-8-6(9(17)18)2-3-7(8)19-10/h6H,1-5H2,(H,15,16)(H,17,18). The second kappa shape index (κ2) is 5.36. The molecule has 1 heterocycles. The number of hydrogen-bond acceptors (Lipinski definition) is 4. The molecule has 1 unspecified atom stereocenters. The van der Waals surface area contributed by atoms with Gasteiger partial charge in [-0.3, -0.25) is 4.79 Å². The van der Waals surface area contributed by atoms with Crippen LogP contribution in [0.3, 0.4) is 0 Å². The van der Waals surface area contributed by atoms with Crippen molar-refractivity contribution in [3.8, 4) is 0 Å². The first kappa shape index (κ1) is 14.1. The lowest BCUT2D eigenvalue weighted by atomic mass is 10.1. The summed E-state index contributed by atoms with van der Waals surface area (Å²) in [6.45, 7) is 0.184. The van der Waals surface area contributed by atoms with Gasteiger partial charge in [-0.25, -0.2) is 4.98 Å². The van der Waals surface area contributed by atoms with E-state index in [0.29, 0.717) is 23.7 Å². The van der Waals surface area contributed by atoms with Crippen LogP contribution >= 0.6 is 11.3 Å². The van der Waals surface area contributed by atoms with Gasteiger partial charge >= 0.3 is 12.1 Å². The van der Waals surface area contributed by atoms with Crippen molar-refractivity contribution in [2.45, 2.75) is 37.8 Å². The van der Waals surface area contributed by atoms with Crippen molar-refractivity contribution in [3.63, 3.8) is 0 Å². The topological polar surface area (TPSA) is 62.2 Å². The van der Waals surface area contributed by atoms with Crippen LogP contribution in [-0.2, 0) is 11.2 Å². The number of fused-ring (bicyclic) bond motifs is 1. The number of halogens is 3. The minimum absolute atomic E-state index is 0.0178. The molecule has 2 N–H and O–H groups in total. The predicted octanol–water partition coefficient (Wildman–Crippen LogP) is 3.01. The van der Waals surface area contributed by atoms with Crippen LogP contribution in [0, 0.1) is 0 Å². The summed E-state index contributed by atoms with van der Waals surface area (Å²) in [5, 5.41) is 12.3. The number of carbonyl (C=O) groups is 1. The van der Waals surface area contributed by atoms with Crippen LogP contribution in [0.25, 0.3) is 0 Å². The number of nitrogens with zero attached hydrogens (tertiary/aromatic N) is 1. The van der Waals surface area contributed by atoms with E-state index in [1.165, 1.54) is 11.3 Å². The van der Waals surface area contributed by atoms with Gasteiger partial charge in [-0.1, -0.05) is 0 Å². The van der Waals surface area contributed by atoms with E-state index in [1.54, 1.807) is 0 Å². The third kappa shape index (κ3) is 3.59. The van der Waals surface area contributed by atoms with E-state index in [1.807, 2.05) is 0 Å².